The summed E-state index contributed by atoms with van der Waals surface area (Å²) in [5, 5.41) is 5.65. The summed E-state index contributed by atoms with van der Waals surface area (Å²) in [6, 6.07) is 12.6. The fourth-order valence-corrected chi connectivity index (χ4v) is 3.74. The molecular formula is C19H19ClN2O. The number of nitrogens with one attached hydrogen (secondary N) is 2. The minimum absolute atomic E-state index is 0.175. The zero-order valence-electron chi connectivity index (χ0n) is 13.2. The van der Waals surface area contributed by atoms with E-state index in [0.29, 0.717) is 0 Å². The molecule has 0 amide bonds. The standard InChI is InChI=1S/C19H19ClN2O/c1-11-9-12(3-6-17(11)23-2)18-19-14(7-8-21-18)15-10-13(20)4-5-16(15)22-19/h3-6,9-10,18,21-22H,7-8H2,1-2H3. The number of aryl methyl sites for hydroxylation is 1. The van der Waals surface area contributed by atoms with Crippen LogP contribution in [0.15, 0.2) is 36.4 Å². The Morgan fingerprint density at radius 2 is 2.04 bits per heavy atom. The molecule has 0 aliphatic carbocycles. The summed E-state index contributed by atoms with van der Waals surface area (Å²) in [7, 11) is 1.71. The van der Waals surface area contributed by atoms with Crippen molar-refractivity contribution >= 4 is 22.5 Å². The lowest BCUT2D eigenvalue weighted by molar-refractivity contribution is 0.411. The maximum absolute atomic E-state index is 6.18. The van der Waals surface area contributed by atoms with E-state index in [0.717, 1.165) is 34.8 Å². The van der Waals surface area contributed by atoms with E-state index in [1.165, 1.54) is 22.2 Å². The number of halogens is 1. The molecular weight excluding hydrogens is 308 g/mol. The van der Waals surface area contributed by atoms with Gasteiger partial charge >= 0.3 is 0 Å². The smallest absolute Gasteiger partial charge is 0.121 e. The molecule has 118 valence electrons. The van der Waals surface area contributed by atoms with Crippen molar-refractivity contribution < 1.29 is 4.74 Å². The number of methoxy groups -OCH3 is 1. The van der Waals surface area contributed by atoms with Gasteiger partial charge in [-0.3, -0.25) is 0 Å². The molecule has 0 fully saturated rings. The van der Waals surface area contributed by atoms with Crippen molar-refractivity contribution in [3.8, 4) is 5.75 Å². The predicted octanol–water partition coefficient (Wildman–Crippen LogP) is 4.37. The van der Waals surface area contributed by atoms with Crippen LogP contribution in [0.3, 0.4) is 0 Å². The zero-order valence-corrected chi connectivity index (χ0v) is 14.0. The van der Waals surface area contributed by atoms with Crippen molar-refractivity contribution in [1.82, 2.24) is 10.3 Å². The van der Waals surface area contributed by atoms with Gasteiger partial charge in [-0.2, -0.15) is 0 Å². The third-order valence-corrected chi connectivity index (χ3v) is 4.90. The van der Waals surface area contributed by atoms with Crippen molar-refractivity contribution in [3.05, 3.63) is 63.8 Å². The first-order valence-electron chi connectivity index (χ1n) is 7.85. The lowest BCUT2D eigenvalue weighted by Crippen LogP contribution is -2.30. The van der Waals surface area contributed by atoms with E-state index < -0.39 is 0 Å². The van der Waals surface area contributed by atoms with Gasteiger partial charge in [0.15, 0.2) is 0 Å². The summed E-state index contributed by atoms with van der Waals surface area (Å²) in [4.78, 5) is 3.59. The lowest BCUT2D eigenvalue weighted by Gasteiger charge is -2.25. The van der Waals surface area contributed by atoms with Crippen molar-refractivity contribution in [3.63, 3.8) is 0 Å². The SMILES string of the molecule is COc1ccc(C2NCCc3c2[nH]c2ccc(Cl)cc32)cc1C. The molecule has 1 aromatic heterocycles. The second-order valence-corrected chi connectivity index (χ2v) is 6.51. The van der Waals surface area contributed by atoms with E-state index in [2.05, 4.69) is 41.5 Å². The lowest BCUT2D eigenvalue weighted by atomic mass is 9.93. The van der Waals surface area contributed by atoms with Gasteiger partial charge in [-0.1, -0.05) is 23.7 Å². The Morgan fingerprint density at radius 1 is 1.17 bits per heavy atom. The summed E-state index contributed by atoms with van der Waals surface area (Å²) >= 11 is 6.18. The number of aromatic amines is 1. The summed E-state index contributed by atoms with van der Waals surface area (Å²) in [5.74, 6) is 0.924. The van der Waals surface area contributed by atoms with Gasteiger partial charge in [0.1, 0.15) is 5.75 Å². The number of hydrogen-bond donors (Lipinski definition) is 2. The predicted molar refractivity (Wildman–Crippen MR) is 94.6 cm³/mol. The van der Waals surface area contributed by atoms with Crippen LogP contribution in [0.2, 0.25) is 5.02 Å². The molecule has 2 N–H and O–H groups in total. The van der Waals surface area contributed by atoms with Gasteiger partial charge in [0, 0.05) is 28.2 Å². The fraction of sp³-hybridized carbons (Fsp3) is 0.263. The summed E-state index contributed by atoms with van der Waals surface area (Å²) < 4.78 is 5.38. The first-order valence-corrected chi connectivity index (χ1v) is 8.23. The van der Waals surface area contributed by atoms with Gasteiger partial charge in [-0.05, 0) is 54.3 Å². The third kappa shape index (κ3) is 2.41. The molecule has 3 nitrogen and oxygen atoms in total. The molecule has 4 rings (SSSR count). The zero-order chi connectivity index (χ0) is 16.0. The Kier molecular flexibility index (Phi) is 3.55. The molecule has 0 saturated carbocycles. The van der Waals surface area contributed by atoms with Crippen LogP contribution in [-0.2, 0) is 6.42 Å². The largest absolute Gasteiger partial charge is 0.496 e. The highest BCUT2D eigenvalue weighted by atomic mass is 35.5. The van der Waals surface area contributed by atoms with E-state index in [1.807, 2.05) is 12.1 Å². The van der Waals surface area contributed by atoms with Gasteiger partial charge in [0.25, 0.3) is 0 Å². The van der Waals surface area contributed by atoms with Crippen LogP contribution in [0.4, 0.5) is 0 Å². The maximum Gasteiger partial charge on any atom is 0.121 e. The second kappa shape index (κ2) is 5.59. The first-order chi connectivity index (χ1) is 11.2. The van der Waals surface area contributed by atoms with E-state index in [-0.39, 0.29) is 6.04 Å². The number of rotatable bonds is 2. The molecule has 4 heteroatoms. The number of H-pyrrole nitrogens is 1. The highest BCUT2D eigenvalue weighted by Crippen LogP contribution is 2.35. The summed E-state index contributed by atoms with van der Waals surface area (Å²) in [6.07, 6.45) is 1.02. The Morgan fingerprint density at radius 3 is 2.83 bits per heavy atom. The van der Waals surface area contributed by atoms with Crippen LogP contribution >= 0.6 is 11.6 Å². The van der Waals surface area contributed by atoms with Crippen molar-refractivity contribution in [1.29, 1.82) is 0 Å². The maximum atomic E-state index is 6.18. The minimum atomic E-state index is 0.175. The van der Waals surface area contributed by atoms with E-state index >= 15 is 0 Å². The molecule has 1 unspecified atom stereocenters. The van der Waals surface area contributed by atoms with Gasteiger partial charge < -0.3 is 15.0 Å². The van der Waals surface area contributed by atoms with Gasteiger partial charge in [-0.25, -0.2) is 0 Å². The van der Waals surface area contributed by atoms with Crippen LogP contribution in [0.25, 0.3) is 10.9 Å². The molecule has 2 aromatic carbocycles. The number of ether oxygens (including phenoxy) is 1. The number of benzene rings is 2. The minimum Gasteiger partial charge on any atom is -0.496 e. The topological polar surface area (TPSA) is 37.0 Å². The molecule has 1 atom stereocenters. The second-order valence-electron chi connectivity index (χ2n) is 6.07. The van der Waals surface area contributed by atoms with Crippen LogP contribution in [-0.4, -0.2) is 18.6 Å². The monoisotopic (exact) mass is 326 g/mol. The number of hydrogen-bond acceptors (Lipinski definition) is 2. The molecule has 3 aromatic rings. The van der Waals surface area contributed by atoms with E-state index in [9.17, 15) is 0 Å². The summed E-state index contributed by atoms with van der Waals surface area (Å²) in [6.45, 7) is 3.04. The average Bonchev–Trinajstić information content (AvgIpc) is 2.92. The highest BCUT2D eigenvalue weighted by Gasteiger charge is 2.25. The quantitative estimate of drug-likeness (QED) is 0.733. The van der Waals surface area contributed by atoms with E-state index in [4.69, 9.17) is 16.3 Å². The Hall–Kier alpha value is -1.97. The highest BCUT2D eigenvalue weighted by molar-refractivity contribution is 6.31. The van der Waals surface area contributed by atoms with Gasteiger partial charge in [0.05, 0.1) is 13.2 Å². The van der Waals surface area contributed by atoms with Crippen LogP contribution < -0.4 is 10.1 Å². The van der Waals surface area contributed by atoms with Crippen molar-refractivity contribution in [2.45, 2.75) is 19.4 Å². The van der Waals surface area contributed by atoms with Crippen molar-refractivity contribution in [2.75, 3.05) is 13.7 Å². The molecule has 2 heterocycles. The van der Waals surface area contributed by atoms with Crippen LogP contribution in [0, 0.1) is 6.92 Å². The molecule has 0 spiro atoms. The molecule has 0 bridgehead atoms. The van der Waals surface area contributed by atoms with E-state index in [1.54, 1.807) is 7.11 Å². The first kappa shape index (κ1) is 14.6. The van der Waals surface area contributed by atoms with Crippen LogP contribution in [0.1, 0.15) is 28.4 Å². The molecule has 1 aliphatic heterocycles. The molecule has 0 radical (unpaired) electrons. The third-order valence-electron chi connectivity index (χ3n) is 4.67. The fourth-order valence-electron chi connectivity index (χ4n) is 3.57. The molecule has 0 saturated heterocycles. The normalized spacial score (nSPS) is 17.3. The van der Waals surface area contributed by atoms with Crippen LogP contribution in [0.5, 0.6) is 5.75 Å². The Labute approximate surface area is 140 Å². The van der Waals surface area contributed by atoms with Gasteiger partial charge in [-0.15, -0.1) is 0 Å². The number of fused-ring (bicyclic) bond motifs is 3. The average molecular weight is 327 g/mol. The molecule has 23 heavy (non-hydrogen) atoms. The molecule has 1 aliphatic rings. The van der Waals surface area contributed by atoms with Crippen molar-refractivity contribution in [2.24, 2.45) is 0 Å². The summed E-state index contributed by atoms with van der Waals surface area (Å²) in [5.41, 5.74) is 6.18. The Bertz CT molecular complexity index is 884. The Balaban J connectivity index is 1.84. The number of aromatic nitrogens is 1. The van der Waals surface area contributed by atoms with Gasteiger partial charge in [0.2, 0.25) is 0 Å².